The Bertz CT molecular complexity index is 503. The molecule has 4 nitrogen and oxygen atoms in total. The van der Waals surface area contributed by atoms with Crippen LogP contribution in [-0.4, -0.2) is 18.1 Å². The van der Waals surface area contributed by atoms with Crippen molar-refractivity contribution in [3.05, 3.63) is 29.0 Å². The maximum absolute atomic E-state index is 5.39. The first-order chi connectivity index (χ1) is 8.86. The Morgan fingerprint density at radius 1 is 1.56 bits per heavy atom. The van der Waals surface area contributed by atoms with E-state index in [1.807, 2.05) is 12.1 Å². The summed E-state index contributed by atoms with van der Waals surface area (Å²) in [5.74, 6) is 0.829. The quantitative estimate of drug-likeness (QED) is 0.871. The highest BCUT2D eigenvalue weighted by atomic mass is 32.1. The van der Waals surface area contributed by atoms with Crippen molar-refractivity contribution < 1.29 is 9.15 Å². The van der Waals surface area contributed by atoms with Crippen molar-refractivity contribution in [2.45, 2.75) is 32.0 Å². The van der Waals surface area contributed by atoms with Crippen molar-refractivity contribution in [2.24, 2.45) is 0 Å². The average molecular weight is 264 g/mol. The standard InChI is InChI=1S/C13H16N2O2S/c1-16-8-10-12(7-14-9-4-5-9)18-13(15-10)11-3-2-6-17-11/h2-3,6,9,14H,4-5,7-8H2,1H3. The van der Waals surface area contributed by atoms with Gasteiger partial charge in [0, 0.05) is 24.6 Å². The lowest BCUT2D eigenvalue weighted by Gasteiger charge is -2.02. The number of rotatable bonds is 6. The van der Waals surface area contributed by atoms with Crippen molar-refractivity contribution >= 4 is 11.3 Å². The van der Waals surface area contributed by atoms with E-state index in [1.165, 1.54) is 17.7 Å². The average Bonchev–Trinajstić information content (AvgIpc) is 2.90. The van der Waals surface area contributed by atoms with Crippen molar-refractivity contribution in [1.82, 2.24) is 10.3 Å². The second-order valence-corrected chi connectivity index (χ2v) is 5.54. The minimum Gasteiger partial charge on any atom is -0.462 e. The Morgan fingerprint density at radius 2 is 2.44 bits per heavy atom. The first-order valence-electron chi connectivity index (χ1n) is 6.11. The summed E-state index contributed by atoms with van der Waals surface area (Å²) in [6, 6.07) is 4.53. The Balaban J connectivity index is 1.80. The molecular weight excluding hydrogens is 248 g/mol. The highest BCUT2D eigenvalue weighted by Gasteiger charge is 2.22. The first kappa shape index (κ1) is 11.9. The summed E-state index contributed by atoms with van der Waals surface area (Å²) in [5, 5.41) is 4.44. The van der Waals surface area contributed by atoms with E-state index in [1.54, 1.807) is 24.7 Å². The molecule has 0 amide bonds. The molecule has 1 fully saturated rings. The van der Waals surface area contributed by atoms with Crippen LogP contribution in [0.5, 0.6) is 0 Å². The molecule has 1 aliphatic rings. The maximum Gasteiger partial charge on any atom is 0.162 e. The summed E-state index contributed by atoms with van der Waals surface area (Å²) in [6.07, 6.45) is 4.27. The van der Waals surface area contributed by atoms with E-state index in [2.05, 4.69) is 10.3 Å². The van der Waals surface area contributed by atoms with Gasteiger partial charge in [-0.05, 0) is 25.0 Å². The van der Waals surface area contributed by atoms with E-state index in [0.717, 1.165) is 23.0 Å². The van der Waals surface area contributed by atoms with Crippen LogP contribution in [-0.2, 0) is 17.9 Å². The topological polar surface area (TPSA) is 47.3 Å². The van der Waals surface area contributed by atoms with Crippen molar-refractivity contribution in [1.29, 1.82) is 0 Å². The Kier molecular flexibility index (Phi) is 3.45. The van der Waals surface area contributed by atoms with Gasteiger partial charge in [0.15, 0.2) is 10.8 Å². The van der Waals surface area contributed by atoms with Gasteiger partial charge in [-0.15, -0.1) is 11.3 Å². The van der Waals surface area contributed by atoms with E-state index in [4.69, 9.17) is 9.15 Å². The normalized spacial score (nSPS) is 15.2. The van der Waals surface area contributed by atoms with E-state index in [9.17, 15) is 0 Å². The number of ether oxygens (including phenoxy) is 1. The summed E-state index contributed by atoms with van der Waals surface area (Å²) >= 11 is 1.68. The third-order valence-electron chi connectivity index (χ3n) is 2.92. The number of nitrogens with one attached hydrogen (secondary N) is 1. The van der Waals surface area contributed by atoms with E-state index < -0.39 is 0 Å². The molecule has 3 rings (SSSR count). The Hall–Kier alpha value is -1.17. The number of thiazole rings is 1. The zero-order valence-corrected chi connectivity index (χ0v) is 11.1. The smallest absolute Gasteiger partial charge is 0.162 e. The SMILES string of the molecule is COCc1nc(-c2ccco2)sc1CNC1CC1. The molecule has 1 N–H and O–H groups in total. The molecule has 96 valence electrons. The molecule has 0 atom stereocenters. The number of hydrogen-bond acceptors (Lipinski definition) is 5. The van der Waals surface area contributed by atoms with Crippen LogP contribution in [0.1, 0.15) is 23.4 Å². The van der Waals surface area contributed by atoms with Gasteiger partial charge in [0.1, 0.15) is 0 Å². The van der Waals surface area contributed by atoms with E-state index >= 15 is 0 Å². The third kappa shape index (κ3) is 2.63. The summed E-state index contributed by atoms with van der Waals surface area (Å²) in [4.78, 5) is 5.85. The van der Waals surface area contributed by atoms with Gasteiger partial charge in [-0.25, -0.2) is 4.98 Å². The van der Waals surface area contributed by atoms with Crippen LogP contribution < -0.4 is 5.32 Å². The molecule has 18 heavy (non-hydrogen) atoms. The molecule has 0 aromatic carbocycles. The van der Waals surface area contributed by atoms with Crippen LogP contribution in [0.15, 0.2) is 22.8 Å². The molecule has 2 heterocycles. The Labute approximate surface area is 110 Å². The third-order valence-corrected chi connectivity index (χ3v) is 4.03. The fraction of sp³-hybridized carbons (Fsp3) is 0.462. The van der Waals surface area contributed by atoms with Gasteiger partial charge in [-0.2, -0.15) is 0 Å². The minimum absolute atomic E-state index is 0.554. The molecule has 0 saturated heterocycles. The van der Waals surface area contributed by atoms with Crippen LogP contribution in [0.25, 0.3) is 10.8 Å². The van der Waals surface area contributed by atoms with Gasteiger partial charge < -0.3 is 14.5 Å². The van der Waals surface area contributed by atoms with Crippen LogP contribution >= 0.6 is 11.3 Å². The molecule has 0 radical (unpaired) electrons. The zero-order valence-electron chi connectivity index (χ0n) is 10.3. The first-order valence-corrected chi connectivity index (χ1v) is 6.93. The number of furan rings is 1. The van der Waals surface area contributed by atoms with Gasteiger partial charge in [-0.3, -0.25) is 0 Å². The zero-order chi connectivity index (χ0) is 12.4. The molecule has 5 heteroatoms. The molecular formula is C13H16N2O2S. The van der Waals surface area contributed by atoms with Gasteiger partial charge in [-0.1, -0.05) is 0 Å². The summed E-state index contributed by atoms with van der Waals surface area (Å²) in [6.45, 7) is 1.43. The Morgan fingerprint density at radius 3 is 3.11 bits per heavy atom. The number of methoxy groups -OCH3 is 1. The second kappa shape index (κ2) is 5.22. The summed E-state index contributed by atoms with van der Waals surface area (Å²) in [5.41, 5.74) is 1.02. The number of hydrogen-bond donors (Lipinski definition) is 1. The lowest BCUT2D eigenvalue weighted by molar-refractivity contribution is 0.181. The highest BCUT2D eigenvalue weighted by Crippen LogP contribution is 2.29. The van der Waals surface area contributed by atoms with Crippen LogP contribution in [0.4, 0.5) is 0 Å². The van der Waals surface area contributed by atoms with Crippen molar-refractivity contribution in [3.63, 3.8) is 0 Å². The maximum atomic E-state index is 5.39. The van der Waals surface area contributed by atoms with Gasteiger partial charge in [0.05, 0.1) is 18.6 Å². The molecule has 1 aliphatic carbocycles. The summed E-state index contributed by atoms with van der Waals surface area (Å²) < 4.78 is 10.6. The number of nitrogens with zero attached hydrogens (tertiary/aromatic N) is 1. The van der Waals surface area contributed by atoms with Crippen molar-refractivity contribution in [3.8, 4) is 10.8 Å². The minimum atomic E-state index is 0.554. The fourth-order valence-corrected chi connectivity index (χ4v) is 2.78. The molecule has 2 aromatic rings. The van der Waals surface area contributed by atoms with Gasteiger partial charge in [0.25, 0.3) is 0 Å². The van der Waals surface area contributed by atoms with Crippen LogP contribution in [0, 0.1) is 0 Å². The van der Waals surface area contributed by atoms with Crippen molar-refractivity contribution in [2.75, 3.05) is 7.11 Å². The fourth-order valence-electron chi connectivity index (χ4n) is 1.80. The molecule has 0 spiro atoms. The lowest BCUT2D eigenvalue weighted by Crippen LogP contribution is -2.15. The number of aromatic nitrogens is 1. The summed E-state index contributed by atoms with van der Waals surface area (Å²) in [7, 11) is 1.70. The van der Waals surface area contributed by atoms with E-state index in [0.29, 0.717) is 12.6 Å². The monoisotopic (exact) mass is 264 g/mol. The highest BCUT2D eigenvalue weighted by molar-refractivity contribution is 7.15. The van der Waals surface area contributed by atoms with Gasteiger partial charge in [0.2, 0.25) is 0 Å². The lowest BCUT2D eigenvalue weighted by atomic mass is 10.3. The molecule has 0 bridgehead atoms. The predicted octanol–water partition coefficient (Wildman–Crippen LogP) is 2.80. The largest absolute Gasteiger partial charge is 0.462 e. The second-order valence-electron chi connectivity index (χ2n) is 4.45. The molecule has 0 unspecified atom stereocenters. The molecule has 0 aliphatic heterocycles. The van der Waals surface area contributed by atoms with E-state index in [-0.39, 0.29) is 0 Å². The van der Waals surface area contributed by atoms with Gasteiger partial charge >= 0.3 is 0 Å². The predicted molar refractivity (Wildman–Crippen MR) is 70.4 cm³/mol. The van der Waals surface area contributed by atoms with Crippen LogP contribution in [0.3, 0.4) is 0 Å². The van der Waals surface area contributed by atoms with Crippen LogP contribution in [0.2, 0.25) is 0 Å². The molecule has 2 aromatic heterocycles. The molecule has 1 saturated carbocycles.